The second kappa shape index (κ2) is 9.15. The van der Waals surface area contributed by atoms with Crippen molar-refractivity contribution in [2.24, 2.45) is 0 Å². The molecule has 7 nitrogen and oxygen atoms in total. The Morgan fingerprint density at radius 2 is 1.96 bits per heavy atom. The van der Waals surface area contributed by atoms with Crippen LogP contribution in [0.3, 0.4) is 0 Å². The van der Waals surface area contributed by atoms with Gasteiger partial charge in [-0.25, -0.2) is 0 Å². The molecular weight excluding hydrogens is 320 g/mol. The summed E-state index contributed by atoms with van der Waals surface area (Å²) in [6.45, 7) is 1.03. The highest BCUT2D eigenvalue weighted by molar-refractivity contribution is 6.05. The minimum absolute atomic E-state index is 0.256. The topological polar surface area (TPSA) is 104 Å². The van der Waals surface area contributed by atoms with Crippen LogP contribution in [0.5, 0.6) is 0 Å². The van der Waals surface area contributed by atoms with E-state index in [0.29, 0.717) is 36.4 Å². The van der Waals surface area contributed by atoms with Crippen LogP contribution < -0.4 is 10.6 Å². The minimum Gasteiger partial charge on any atom is -0.385 e. The maximum absolute atomic E-state index is 12.3. The van der Waals surface area contributed by atoms with E-state index in [2.05, 4.69) is 15.6 Å². The first-order chi connectivity index (χ1) is 12.1. The molecule has 0 aliphatic heterocycles. The van der Waals surface area contributed by atoms with Gasteiger partial charge in [-0.2, -0.15) is 5.26 Å². The van der Waals surface area contributed by atoms with Crippen LogP contribution in [0.4, 0.5) is 5.69 Å². The summed E-state index contributed by atoms with van der Waals surface area (Å²) in [5.41, 5.74) is 1.50. The molecule has 0 aliphatic carbocycles. The van der Waals surface area contributed by atoms with Crippen LogP contribution in [-0.2, 0) is 4.74 Å². The van der Waals surface area contributed by atoms with E-state index in [4.69, 9.17) is 10.00 Å². The molecule has 1 heterocycles. The van der Waals surface area contributed by atoms with E-state index in [9.17, 15) is 9.59 Å². The molecule has 25 heavy (non-hydrogen) atoms. The van der Waals surface area contributed by atoms with Gasteiger partial charge in [-0.3, -0.25) is 14.6 Å². The molecule has 0 radical (unpaired) electrons. The maximum Gasteiger partial charge on any atom is 0.257 e. The Kier molecular flexibility index (Phi) is 6.63. The Labute approximate surface area is 145 Å². The summed E-state index contributed by atoms with van der Waals surface area (Å²) in [4.78, 5) is 28.3. The van der Waals surface area contributed by atoms with Crippen molar-refractivity contribution in [1.29, 1.82) is 5.26 Å². The van der Waals surface area contributed by atoms with Crippen molar-refractivity contribution in [3.8, 4) is 6.07 Å². The number of ether oxygens (including phenoxy) is 1. The molecule has 0 spiro atoms. The number of nitriles is 1. The lowest BCUT2D eigenvalue weighted by molar-refractivity contribution is 0.0948. The van der Waals surface area contributed by atoms with Crippen LogP contribution in [-0.4, -0.2) is 37.1 Å². The van der Waals surface area contributed by atoms with Gasteiger partial charge in [0.05, 0.1) is 22.8 Å². The number of nitrogens with zero attached hydrogens (tertiary/aromatic N) is 2. The number of rotatable bonds is 7. The molecule has 1 aromatic heterocycles. The molecule has 2 rings (SSSR count). The lowest BCUT2D eigenvalue weighted by Gasteiger charge is -2.08. The van der Waals surface area contributed by atoms with E-state index in [-0.39, 0.29) is 11.5 Å². The number of hydrogen-bond acceptors (Lipinski definition) is 5. The average Bonchev–Trinajstić information content (AvgIpc) is 2.65. The SMILES string of the molecule is COCCCNC(=O)c1cncc(C(=O)Nc2cccc(C#N)c2)c1. The first-order valence-corrected chi connectivity index (χ1v) is 7.67. The fourth-order valence-corrected chi connectivity index (χ4v) is 2.08. The summed E-state index contributed by atoms with van der Waals surface area (Å²) in [5.74, 6) is -0.707. The number of hydrogen-bond donors (Lipinski definition) is 2. The fraction of sp³-hybridized carbons (Fsp3) is 0.222. The average molecular weight is 338 g/mol. The number of amides is 2. The van der Waals surface area contributed by atoms with Crippen LogP contribution in [0.25, 0.3) is 0 Å². The van der Waals surface area contributed by atoms with Gasteiger partial charge in [-0.1, -0.05) is 6.07 Å². The van der Waals surface area contributed by atoms with Crippen molar-refractivity contribution in [2.45, 2.75) is 6.42 Å². The van der Waals surface area contributed by atoms with Gasteiger partial charge in [-0.15, -0.1) is 0 Å². The molecule has 0 fully saturated rings. The third-order valence-corrected chi connectivity index (χ3v) is 3.32. The minimum atomic E-state index is -0.406. The molecule has 2 aromatic rings. The van der Waals surface area contributed by atoms with Gasteiger partial charge in [0.2, 0.25) is 0 Å². The first-order valence-electron chi connectivity index (χ1n) is 7.67. The lowest BCUT2D eigenvalue weighted by atomic mass is 10.1. The standard InChI is InChI=1S/C18H18N4O3/c1-25-7-3-6-21-17(23)14-9-15(12-20-11-14)18(24)22-16-5-2-4-13(8-16)10-19/h2,4-5,8-9,11-12H,3,6-7H2,1H3,(H,21,23)(H,22,24). The molecule has 0 unspecified atom stereocenters. The maximum atomic E-state index is 12.3. The number of methoxy groups -OCH3 is 1. The smallest absolute Gasteiger partial charge is 0.257 e. The van der Waals surface area contributed by atoms with Gasteiger partial charge in [0.15, 0.2) is 0 Å². The predicted octanol–water partition coefficient (Wildman–Crippen LogP) is 1.97. The van der Waals surface area contributed by atoms with Gasteiger partial charge < -0.3 is 15.4 Å². The Morgan fingerprint density at radius 3 is 2.68 bits per heavy atom. The molecule has 0 saturated heterocycles. The molecular formula is C18H18N4O3. The molecule has 0 saturated carbocycles. The number of benzene rings is 1. The van der Waals surface area contributed by atoms with Crippen molar-refractivity contribution < 1.29 is 14.3 Å². The van der Waals surface area contributed by atoms with Gasteiger partial charge in [0, 0.05) is 38.3 Å². The molecule has 2 amide bonds. The normalized spacial score (nSPS) is 9.92. The second-order valence-electron chi connectivity index (χ2n) is 5.21. The highest BCUT2D eigenvalue weighted by Crippen LogP contribution is 2.12. The Hall–Kier alpha value is -3.24. The number of nitrogens with one attached hydrogen (secondary N) is 2. The predicted molar refractivity (Wildman–Crippen MR) is 92.2 cm³/mol. The summed E-state index contributed by atoms with van der Waals surface area (Å²) in [6.07, 6.45) is 3.48. The number of pyridine rings is 1. The zero-order chi connectivity index (χ0) is 18.1. The van der Waals surface area contributed by atoms with E-state index in [1.807, 2.05) is 6.07 Å². The Bertz CT molecular complexity index is 799. The van der Waals surface area contributed by atoms with Gasteiger partial charge in [-0.05, 0) is 30.7 Å². The van der Waals surface area contributed by atoms with Crippen LogP contribution in [0, 0.1) is 11.3 Å². The Morgan fingerprint density at radius 1 is 1.20 bits per heavy atom. The van der Waals surface area contributed by atoms with Crippen molar-refractivity contribution in [3.05, 3.63) is 59.4 Å². The van der Waals surface area contributed by atoms with Crippen LogP contribution >= 0.6 is 0 Å². The molecule has 7 heteroatoms. The Balaban J connectivity index is 2.03. The van der Waals surface area contributed by atoms with Gasteiger partial charge in [0.1, 0.15) is 0 Å². The van der Waals surface area contributed by atoms with E-state index in [1.54, 1.807) is 31.4 Å². The summed E-state index contributed by atoms with van der Waals surface area (Å²) in [6, 6.07) is 10.0. The highest BCUT2D eigenvalue weighted by atomic mass is 16.5. The summed E-state index contributed by atoms with van der Waals surface area (Å²) in [7, 11) is 1.60. The van der Waals surface area contributed by atoms with E-state index in [1.165, 1.54) is 18.5 Å². The molecule has 0 atom stereocenters. The largest absolute Gasteiger partial charge is 0.385 e. The number of anilines is 1. The van der Waals surface area contributed by atoms with Crippen molar-refractivity contribution in [3.63, 3.8) is 0 Å². The van der Waals surface area contributed by atoms with Crippen molar-refractivity contribution >= 4 is 17.5 Å². The lowest BCUT2D eigenvalue weighted by Crippen LogP contribution is -2.25. The summed E-state index contributed by atoms with van der Waals surface area (Å²) in [5, 5.41) is 14.3. The summed E-state index contributed by atoms with van der Waals surface area (Å²) >= 11 is 0. The molecule has 2 N–H and O–H groups in total. The second-order valence-corrected chi connectivity index (χ2v) is 5.21. The van der Waals surface area contributed by atoms with Crippen LogP contribution in [0.2, 0.25) is 0 Å². The van der Waals surface area contributed by atoms with E-state index < -0.39 is 5.91 Å². The van der Waals surface area contributed by atoms with Crippen LogP contribution in [0.1, 0.15) is 32.7 Å². The molecule has 0 bridgehead atoms. The first kappa shape index (κ1) is 18.1. The number of carbonyl (C=O) groups excluding carboxylic acids is 2. The quantitative estimate of drug-likeness (QED) is 0.751. The van der Waals surface area contributed by atoms with Gasteiger partial charge in [0.25, 0.3) is 11.8 Å². The monoisotopic (exact) mass is 338 g/mol. The van der Waals surface area contributed by atoms with E-state index in [0.717, 1.165) is 0 Å². The number of aromatic nitrogens is 1. The summed E-state index contributed by atoms with van der Waals surface area (Å²) < 4.78 is 4.92. The molecule has 128 valence electrons. The fourth-order valence-electron chi connectivity index (χ4n) is 2.08. The highest BCUT2D eigenvalue weighted by Gasteiger charge is 2.11. The molecule has 0 aliphatic rings. The zero-order valence-electron chi connectivity index (χ0n) is 13.8. The van der Waals surface area contributed by atoms with Crippen molar-refractivity contribution in [2.75, 3.05) is 25.6 Å². The van der Waals surface area contributed by atoms with Gasteiger partial charge >= 0.3 is 0 Å². The zero-order valence-corrected chi connectivity index (χ0v) is 13.8. The molecule has 1 aromatic carbocycles. The number of carbonyl (C=O) groups is 2. The third-order valence-electron chi connectivity index (χ3n) is 3.32. The van der Waals surface area contributed by atoms with Crippen molar-refractivity contribution in [1.82, 2.24) is 10.3 Å². The third kappa shape index (κ3) is 5.41. The van der Waals surface area contributed by atoms with Crippen LogP contribution in [0.15, 0.2) is 42.7 Å². The van der Waals surface area contributed by atoms with E-state index >= 15 is 0 Å².